The number of amides is 2. The first kappa shape index (κ1) is 24.8. The molecule has 0 spiro atoms. The van der Waals surface area contributed by atoms with Gasteiger partial charge in [-0.05, 0) is 44.0 Å². The smallest absolute Gasteiger partial charge is 0.254 e. The summed E-state index contributed by atoms with van der Waals surface area (Å²) < 4.78 is 53.9. The fourth-order valence-corrected chi connectivity index (χ4v) is 5.40. The van der Waals surface area contributed by atoms with Gasteiger partial charge < -0.3 is 10.2 Å². The van der Waals surface area contributed by atoms with Crippen molar-refractivity contribution < 1.29 is 26.8 Å². The molecule has 10 heteroatoms. The third kappa shape index (κ3) is 5.94. The number of rotatable bonds is 7. The number of halogens is 2. The molecule has 0 saturated carbocycles. The van der Waals surface area contributed by atoms with Gasteiger partial charge in [-0.2, -0.15) is 4.31 Å². The number of hydrogen-bond acceptors (Lipinski definition) is 4. The first-order valence-corrected chi connectivity index (χ1v) is 12.1. The van der Waals surface area contributed by atoms with E-state index in [1.165, 1.54) is 4.31 Å². The van der Waals surface area contributed by atoms with Crippen molar-refractivity contribution in [2.75, 3.05) is 32.7 Å². The summed E-state index contributed by atoms with van der Waals surface area (Å²) in [4.78, 5) is 26.3. The normalized spacial score (nSPS) is 14.8. The standard InChI is InChI=1S/C23H27F2N3O4S/c1-16-5-8-21(17(2)14-16)33(31,32)28-12-10-27(11-13-28)22(29)4-3-9-26-23(30)19-7-6-18(24)15-20(19)25/h5-8,14-15H,3-4,9-13H2,1-2H3,(H,26,30). The fraction of sp³-hybridized carbons (Fsp3) is 0.391. The maximum absolute atomic E-state index is 13.6. The van der Waals surface area contributed by atoms with E-state index in [1.807, 2.05) is 13.0 Å². The van der Waals surface area contributed by atoms with Crippen LogP contribution in [0.25, 0.3) is 0 Å². The van der Waals surface area contributed by atoms with Crippen molar-refractivity contribution >= 4 is 21.8 Å². The van der Waals surface area contributed by atoms with Crippen molar-refractivity contribution in [1.29, 1.82) is 0 Å². The van der Waals surface area contributed by atoms with E-state index in [4.69, 9.17) is 0 Å². The van der Waals surface area contributed by atoms with Crippen molar-refractivity contribution in [3.05, 3.63) is 64.7 Å². The van der Waals surface area contributed by atoms with Gasteiger partial charge in [-0.3, -0.25) is 9.59 Å². The Hall–Kier alpha value is -2.85. The van der Waals surface area contributed by atoms with Gasteiger partial charge in [0.15, 0.2) is 0 Å². The Morgan fingerprint density at radius 2 is 1.70 bits per heavy atom. The zero-order chi connectivity index (χ0) is 24.2. The third-order valence-corrected chi connectivity index (χ3v) is 7.63. The van der Waals surface area contributed by atoms with Gasteiger partial charge in [0.05, 0.1) is 10.5 Å². The Labute approximate surface area is 192 Å². The van der Waals surface area contributed by atoms with Gasteiger partial charge in [-0.1, -0.05) is 17.7 Å². The number of benzene rings is 2. The second-order valence-electron chi connectivity index (χ2n) is 8.04. The molecule has 2 aromatic carbocycles. The Kier molecular flexibility index (Phi) is 7.80. The number of carbonyl (C=O) groups is 2. The molecule has 0 radical (unpaired) electrons. The van der Waals surface area contributed by atoms with Crippen molar-refractivity contribution in [2.45, 2.75) is 31.6 Å². The Morgan fingerprint density at radius 3 is 2.33 bits per heavy atom. The number of carbonyl (C=O) groups excluding carboxylic acids is 2. The lowest BCUT2D eigenvalue weighted by Crippen LogP contribution is -2.50. The number of nitrogens with one attached hydrogen (secondary N) is 1. The van der Waals surface area contributed by atoms with Crippen LogP contribution in [0.2, 0.25) is 0 Å². The van der Waals surface area contributed by atoms with Crippen molar-refractivity contribution in [3.63, 3.8) is 0 Å². The van der Waals surface area contributed by atoms with E-state index in [1.54, 1.807) is 24.0 Å². The molecule has 2 amide bonds. The molecule has 0 atom stereocenters. The van der Waals surface area contributed by atoms with Crippen molar-refractivity contribution in [2.24, 2.45) is 0 Å². The lowest BCUT2D eigenvalue weighted by molar-refractivity contribution is -0.132. The van der Waals surface area contributed by atoms with Crippen LogP contribution in [0.4, 0.5) is 8.78 Å². The lowest BCUT2D eigenvalue weighted by Gasteiger charge is -2.34. The van der Waals surface area contributed by atoms with Crippen LogP contribution in [0.15, 0.2) is 41.3 Å². The molecule has 1 N–H and O–H groups in total. The summed E-state index contributed by atoms with van der Waals surface area (Å²) in [6, 6.07) is 7.92. The highest BCUT2D eigenvalue weighted by atomic mass is 32.2. The zero-order valence-electron chi connectivity index (χ0n) is 18.6. The summed E-state index contributed by atoms with van der Waals surface area (Å²) in [5.41, 5.74) is 1.42. The van der Waals surface area contributed by atoms with Crippen LogP contribution < -0.4 is 5.32 Å². The summed E-state index contributed by atoms with van der Waals surface area (Å²) in [6.07, 6.45) is 0.504. The monoisotopic (exact) mass is 479 g/mol. The van der Waals surface area contributed by atoms with Gasteiger partial charge in [0.1, 0.15) is 11.6 Å². The molecule has 2 aromatic rings. The van der Waals surface area contributed by atoms with Crippen molar-refractivity contribution in [3.8, 4) is 0 Å². The van der Waals surface area contributed by atoms with Gasteiger partial charge in [0.25, 0.3) is 5.91 Å². The molecule has 1 heterocycles. The van der Waals surface area contributed by atoms with E-state index in [0.29, 0.717) is 18.1 Å². The SMILES string of the molecule is Cc1ccc(S(=O)(=O)N2CCN(C(=O)CCCNC(=O)c3ccc(F)cc3F)CC2)c(C)c1. The highest BCUT2D eigenvalue weighted by Gasteiger charge is 2.30. The number of sulfonamides is 1. The molecule has 7 nitrogen and oxygen atoms in total. The summed E-state index contributed by atoms with van der Waals surface area (Å²) in [5, 5.41) is 2.51. The number of nitrogens with zero attached hydrogens (tertiary/aromatic N) is 2. The quantitative estimate of drug-likeness (QED) is 0.619. The maximum Gasteiger partial charge on any atom is 0.254 e. The van der Waals surface area contributed by atoms with Crippen LogP contribution in [0, 0.1) is 25.5 Å². The Balaban J connectivity index is 1.45. The van der Waals surface area contributed by atoms with Crippen LogP contribution in [-0.4, -0.2) is 62.2 Å². The van der Waals surface area contributed by atoms with Crippen LogP contribution in [-0.2, 0) is 14.8 Å². The van der Waals surface area contributed by atoms with Gasteiger partial charge >= 0.3 is 0 Å². The summed E-state index contributed by atoms with van der Waals surface area (Å²) >= 11 is 0. The topological polar surface area (TPSA) is 86.8 Å². The Bertz CT molecular complexity index is 1150. The van der Waals surface area contributed by atoms with Crippen LogP contribution >= 0.6 is 0 Å². The predicted octanol–water partition coefficient (Wildman–Crippen LogP) is 2.62. The maximum atomic E-state index is 13.6. The van der Waals surface area contributed by atoms with E-state index < -0.39 is 27.6 Å². The van der Waals surface area contributed by atoms with E-state index in [0.717, 1.165) is 17.7 Å². The highest BCUT2D eigenvalue weighted by molar-refractivity contribution is 7.89. The van der Waals surface area contributed by atoms with Crippen LogP contribution in [0.1, 0.15) is 34.3 Å². The first-order valence-electron chi connectivity index (χ1n) is 10.7. The number of piperazine rings is 1. The minimum absolute atomic E-state index is 0.138. The van der Waals surface area contributed by atoms with E-state index in [-0.39, 0.29) is 55.5 Å². The molecule has 0 unspecified atom stereocenters. The highest BCUT2D eigenvalue weighted by Crippen LogP contribution is 2.22. The second-order valence-corrected chi connectivity index (χ2v) is 9.94. The summed E-state index contributed by atoms with van der Waals surface area (Å²) in [5.74, 6) is -2.53. The molecule has 1 fully saturated rings. The van der Waals surface area contributed by atoms with E-state index >= 15 is 0 Å². The predicted molar refractivity (Wildman–Crippen MR) is 119 cm³/mol. The van der Waals surface area contributed by atoms with Gasteiger partial charge in [-0.15, -0.1) is 0 Å². The zero-order valence-corrected chi connectivity index (χ0v) is 19.4. The van der Waals surface area contributed by atoms with Crippen LogP contribution in [0.3, 0.4) is 0 Å². The lowest BCUT2D eigenvalue weighted by atomic mass is 10.2. The molecule has 1 aliphatic rings. The van der Waals surface area contributed by atoms with E-state index in [2.05, 4.69) is 5.32 Å². The van der Waals surface area contributed by atoms with Gasteiger partial charge in [0, 0.05) is 45.2 Å². The Morgan fingerprint density at radius 1 is 1.00 bits per heavy atom. The molecule has 0 bridgehead atoms. The average molecular weight is 480 g/mol. The molecule has 33 heavy (non-hydrogen) atoms. The molecule has 0 aliphatic carbocycles. The van der Waals surface area contributed by atoms with Gasteiger partial charge in [-0.25, -0.2) is 17.2 Å². The van der Waals surface area contributed by atoms with Gasteiger partial charge in [0.2, 0.25) is 15.9 Å². The molecular formula is C23H27F2N3O4S. The average Bonchev–Trinajstić information content (AvgIpc) is 2.76. The minimum Gasteiger partial charge on any atom is -0.352 e. The fourth-order valence-electron chi connectivity index (χ4n) is 3.77. The summed E-state index contributed by atoms with van der Waals surface area (Å²) in [6.45, 7) is 4.82. The summed E-state index contributed by atoms with van der Waals surface area (Å²) in [7, 11) is -3.63. The second kappa shape index (κ2) is 10.4. The number of hydrogen-bond donors (Lipinski definition) is 1. The number of aryl methyl sites for hydroxylation is 2. The first-order chi connectivity index (χ1) is 15.6. The minimum atomic E-state index is -3.63. The third-order valence-electron chi connectivity index (χ3n) is 5.57. The van der Waals surface area contributed by atoms with E-state index in [9.17, 15) is 26.8 Å². The largest absolute Gasteiger partial charge is 0.352 e. The molecule has 3 rings (SSSR count). The molecule has 1 saturated heterocycles. The molecule has 1 aliphatic heterocycles. The molecular weight excluding hydrogens is 452 g/mol. The van der Waals surface area contributed by atoms with Crippen molar-refractivity contribution in [1.82, 2.24) is 14.5 Å². The van der Waals surface area contributed by atoms with Crippen LogP contribution in [0.5, 0.6) is 0 Å². The molecule has 0 aromatic heterocycles. The molecule has 178 valence electrons.